The number of aliphatic hydroxyl groups is 2. The van der Waals surface area contributed by atoms with E-state index in [9.17, 15) is 10.2 Å². The van der Waals surface area contributed by atoms with Crippen LogP contribution in [0, 0.1) is 13.8 Å². The highest BCUT2D eigenvalue weighted by atomic mass is 16.5. The molecule has 2 aromatic carbocycles. The maximum absolute atomic E-state index is 11.2. The van der Waals surface area contributed by atoms with E-state index in [0.717, 1.165) is 16.7 Å². The number of methoxy groups -OCH3 is 1. The third-order valence-electron chi connectivity index (χ3n) is 6.32. The largest absolute Gasteiger partial charge is 0.493 e. The minimum Gasteiger partial charge on any atom is -0.493 e. The van der Waals surface area contributed by atoms with Gasteiger partial charge in [0, 0.05) is 32.0 Å². The smallest absolute Gasteiger partial charge is 0.161 e. The maximum Gasteiger partial charge on any atom is 0.161 e. The molecule has 1 saturated heterocycles. The fourth-order valence-corrected chi connectivity index (χ4v) is 4.51. The van der Waals surface area contributed by atoms with Crippen LogP contribution in [-0.2, 0) is 13.1 Å². The van der Waals surface area contributed by atoms with Gasteiger partial charge in [0.1, 0.15) is 24.6 Å². The summed E-state index contributed by atoms with van der Waals surface area (Å²) in [5, 5.41) is 21.8. The number of rotatable bonds is 10. The van der Waals surface area contributed by atoms with Crippen LogP contribution < -0.4 is 14.2 Å². The Bertz CT molecular complexity index is 1080. The molecule has 2 atom stereocenters. The van der Waals surface area contributed by atoms with Crippen molar-refractivity contribution < 1.29 is 24.4 Å². The van der Waals surface area contributed by atoms with Gasteiger partial charge in [0.15, 0.2) is 11.5 Å². The molecule has 8 nitrogen and oxygen atoms in total. The monoisotopic (exact) mass is 481 g/mol. The molecule has 1 aliphatic heterocycles. The van der Waals surface area contributed by atoms with Crippen LogP contribution in [0.1, 0.15) is 23.1 Å². The second kappa shape index (κ2) is 11.1. The lowest BCUT2D eigenvalue weighted by Gasteiger charge is -2.42. The van der Waals surface area contributed by atoms with Gasteiger partial charge in [-0.3, -0.25) is 4.90 Å². The summed E-state index contributed by atoms with van der Waals surface area (Å²) in [4.78, 5) is 6.16. The zero-order valence-corrected chi connectivity index (χ0v) is 20.7. The van der Waals surface area contributed by atoms with E-state index in [1.54, 1.807) is 19.6 Å². The molecule has 0 aliphatic carbocycles. The highest BCUT2D eigenvalue weighted by molar-refractivity contribution is 5.43. The van der Waals surface area contributed by atoms with Gasteiger partial charge in [-0.25, -0.2) is 4.98 Å². The SMILES string of the molecule is COc1cc(CN2CC[C@H](O)[C@@](O)(COc3cc(C)cc(C)c3)C2)ccc1OCCn1ccnc1. The molecule has 0 amide bonds. The van der Waals surface area contributed by atoms with Gasteiger partial charge in [-0.15, -0.1) is 0 Å². The fourth-order valence-electron chi connectivity index (χ4n) is 4.51. The number of nitrogens with zero attached hydrogens (tertiary/aromatic N) is 3. The molecule has 0 unspecified atom stereocenters. The first-order valence-corrected chi connectivity index (χ1v) is 11.9. The van der Waals surface area contributed by atoms with Crippen LogP contribution >= 0.6 is 0 Å². The van der Waals surface area contributed by atoms with E-state index in [4.69, 9.17) is 14.2 Å². The van der Waals surface area contributed by atoms with Crippen LogP contribution in [-0.4, -0.2) is 69.8 Å². The lowest BCUT2D eigenvalue weighted by atomic mass is 9.90. The van der Waals surface area contributed by atoms with Gasteiger partial charge < -0.3 is 29.0 Å². The van der Waals surface area contributed by atoms with Gasteiger partial charge in [0.2, 0.25) is 0 Å². The minimum absolute atomic E-state index is 0.0283. The number of likely N-dealkylation sites (tertiary alicyclic amines) is 1. The Kier molecular flexibility index (Phi) is 7.95. The second-order valence-electron chi connectivity index (χ2n) is 9.36. The molecule has 0 saturated carbocycles. The van der Waals surface area contributed by atoms with Gasteiger partial charge in [-0.05, 0) is 61.2 Å². The molecule has 188 valence electrons. The predicted octanol–water partition coefficient (Wildman–Crippen LogP) is 2.96. The number of aryl methyl sites for hydroxylation is 2. The van der Waals surface area contributed by atoms with Crippen LogP contribution in [0.3, 0.4) is 0 Å². The van der Waals surface area contributed by atoms with Gasteiger partial charge in [0.25, 0.3) is 0 Å². The third kappa shape index (κ3) is 6.54. The van der Waals surface area contributed by atoms with Crippen molar-refractivity contribution in [2.24, 2.45) is 0 Å². The Morgan fingerprint density at radius 3 is 2.60 bits per heavy atom. The minimum atomic E-state index is -1.35. The van der Waals surface area contributed by atoms with Gasteiger partial charge >= 0.3 is 0 Å². The maximum atomic E-state index is 11.2. The first kappa shape index (κ1) is 25.0. The molecular weight excluding hydrogens is 446 g/mol. The summed E-state index contributed by atoms with van der Waals surface area (Å²) < 4.78 is 19.3. The van der Waals surface area contributed by atoms with Crippen LogP contribution in [0.25, 0.3) is 0 Å². The van der Waals surface area contributed by atoms with E-state index in [1.165, 1.54) is 0 Å². The topological polar surface area (TPSA) is 89.2 Å². The van der Waals surface area contributed by atoms with Gasteiger partial charge in [-0.2, -0.15) is 0 Å². The van der Waals surface area contributed by atoms with E-state index in [1.807, 2.05) is 54.9 Å². The molecule has 35 heavy (non-hydrogen) atoms. The number of ether oxygens (including phenoxy) is 3. The number of β-amino-alcohol motifs (C(OH)–C–C–N with tert-alkyl or cyclic N) is 1. The molecule has 4 rings (SSSR count). The molecular formula is C27H35N3O5. The highest BCUT2D eigenvalue weighted by Crippen LogP contribution is 2.30. The van der Waals surface area contributed by atoms with Crippen LogP contribution in [0.2, 0.25) is 0 Å². The summed E-state index contributed by atoms with van der Waals surface area (Å²) >= 11 is 0. The highest BCUT2D eigenvalue weighted by Gasteiger charge is 2.42. The van der Waals surface area contributed by atoms with E-state index in [0.29, 0.717) is 56.5 Å². The average molecular weight is 482 g/mol. The Morgan fingerprint density at radius 1 is 1.09 bits per heavy atom. The summed E-state index contributed by atoms with van der Waals surface area (Å²) in [6.07, 6.45) is 5.02. The predicted molar refractivity (Wildman–Crippen MR) is 133 cm³/mol. The Balaban J connectivity index is 1.36. The fraction of sp³-hybridized carbons (Fsp3) is 0.444. The molecule has 0 spiro atoms. The Labute approximate surface area is 206 Å². The molecule has 0 bridgehead atoms. The van der Waals surface area contributed by atoms with Crippen molar-refractivity contribution in [1.82, 2.24) is 14.5 Å². The summed E-state index contributed by atoms with van der Waals surface area (Å²) in [7, 11) is 1.63. The second-order valence-corrected chi connectivity index (χ2v) is 9.36. The Morgan fingerprint density at radius 2 is 1.89 bits per heavy atom. The number of aliphatic hydroxyl groups excluding tert-OH is 1. The van der Waals surface area contributed by atoms with Crippen molar-refractivity contribution in [1.29, 1.82) is 0 Å². The lowest BCUT2D eigenvalue weighted by molar-refractivity contribution is -0.140. The van der Waals surface area contributed by atoms with E-state index >= 15 is 0 Å². The molecule has 2 heterocycles. The Hall–Kier alpha value is -3.07. The van der Waals surface area contributed by atoms with Crippen molar-refractivity contribution in [3.63, 3.8) is 0 Å². The number of benzene rings is 2. The molecule has 2 N–H and O–H groups in total. The summed E-state index contributed by atoms with van der Waals surface area (Å²) in [6, 6.07) is 11.8. The van der Waals surface area contributed by atoms with Crippen molar-refractivity contribution >= 4 is 0 Å². The van der Waals surface area contributed by atoms with E-state index in [-0.39, 0.29) is 6.61 Å². The molecule has 1 aromatic heterocycles. The molecule has 1 fully saturated rings. The van der Waals surface area contributed by atoms with Gasteiger partial charge in [-0.1, -0.05) is 12.1 Å². The van der Waals surface area contributed by atoms with Crippen molar-refractivity contribution in [3.8, 4) is 17.2 Å². The number of hydrogen-bond acceptors (Lipinski definition) is 7. The van der Waals surface area contributed by atoms with Crippen molar-refractivity contribution in [2.45, 2.75) is 45.1 Å². The van der Waals surface area contributed by atoms with E-state index < -0.39 is 11.7 Å². The first-order valence-electron chi connectivity index (χ1n) is 11.9. The van der Waals surface area contributed by atoms with Crippen LogP contribution in [0.4, 0.5) is 0 Å². The quantitative estimate of drug-likeness (QED) is 0.460. The standard InChI is InChI=1S/C27H35N3O5/c1-20-12-21(2)14-23(13-20)35-18-27(32)17-30(8-6-26(27)31)16-22-4-5-24(25(15-22)33-3)34-11-10-29-9-7-28-19-29/h4-5,7,9,12-15,19,26,31-32H,6,8,10-11,16-18H2,1-3H3/t26-,27-/m0/s1. The first-order chi connectivity index (χ1) is 16.8. The van der Waals surface area contributed by atoms with Crippen molar-refractivity contribution in [2.75, 3.05) is 33.4 Å². The van der Waals surface area contributed by atoms with E-state index in [2.05, 4.69) is 16.0 Å². The molecule has 0 radical (unpaired) electrons. The zero-order chi connectivity index (χ0) is 24.8. The molecule has 8 heteroatoms. The summed E-state index contributed by atoms with van der Waals surface area (Å²) in [5.74, 6) is 2.05. The van der Waals surface area contributed by atoms with Gasteiger partial charge in [0.05, 0.1) is 26.1 Å². The van der Waals surface area contributed by atoms with Crippen LogP contribution in [0.15, 0.2) is 55.1 Å². The lowest BCUT2D eigenvalue weighted by Crippen LogP contribution is -2.59. The number of aromatic nitrogens is 2. The molecule has 3 aromatic rings. The molecule has 1 aliphatic rings. The summed E-state index contributed by atoms with van der Waals surface area (Å²) in [6.45, 7) is 6.85. The average Bonchev–Trinajstić information content (AvgIpc) is 3.34. The number of piperidine rings is 1. The zero-order valence-electron chi connectivity index (χ0n) is 20.7. The van der Waals surface area contributed by atoms with Crippen LogP contribution in [0.5, 0.6) is 17.2 Å². The normalized spacial score (nSPS) is 20.5. The summed E-state index contributed by atoms with van der Waals surface area (Å²) in [5.41, 5.74) is 1.88. The third-order valence-corrected chi connectivity index (χ3v) is 6.32. The number of imidazole rings is 1. The van der Waals surface area contributed by atoms with Crippen molar-refractivity contribution in [3.05, 3.63) is 71.8 Å². The number of hydrogen-bond donors (Lipinski definition) is 2.